The summed E-state index contributed by atoms with van der Waals surface area (Å²) in [6, 6.07) is 7.23. The first-order valence-electron chi connectivity index (χ1n) is 5.95. The highest BCUT2D eigenvalue weighted by Crippen LogP contribution is 2.16. The van der Waals surface area contributed by atoms with Crippen molar-refractivity contribution >= 4 is 39.3 Å². The lowest BCUT2D eigenvalue weighted by Crippen LogP contribution is -2.32. The van der Waals surface area contributed by atoms with Crippen LogP contribution in [0.2, 0.25) is 0 Å². The molecule has 19 heavy (non-hydrogen) atoms. The number of hydrogen-bond donors (Lipinski definition) is 1. The summed E-state index contributed by atoms with van der Waals surface area (Å²) >= 11 is 3.31. The van der Waals surface area contributed by atoms with Crippen molar-refractivity contribution in [2.24, 2.45) is 0 Å². The summed E-state index contributed by atoms with van der Waals surface area (Å²) in [5.41, 5.74) is 0.679. The fraction of sp³-hybridized carbons (Fsp3) is 0.308. The van der Waals surface area contributed by atoms with Crippen LogP contribution in [0.3, 0.4) is 0 Å². The van der Waals surface area contributed by atoms with Gasteiger partial charge in [0.15, 0.2) is 0 Å². The predicted octanol–water partition coefficient (Wildman–Crippen LogP) is 1.93. The second-order valence-corrected chi connectivity index (χ2v) is 5.16. The molecular formula is C13H13BrN2O3. The van der Waals surface area contributed by atoms with E-state index in [4.69, 9.17) is 0 Å². The number of nitrogens with one attached hydrogen (secondary N) is 1. The Balaban J connectivity index is 1.85. The molecule has 0 spiro atoms. The van der Waals surface area contributed by atoms with Gasteiger partial charge in [-0.25, -0.2) is 0 Å². The first-order valence-corrected chi connectivity index (χ1v) is 6.74. The Morgan fingerprint density at radius 2 is 1.95 bits per heavy atom. The fourth-order valence-electron chi connectivity index (χ4n) is 1.88. The molecule has 0 bridgehead atoms. The number of rotatable bonds is 4. The van der Waals surface area contributed by atoms with Crippen molar-refractivity contribution in [2.75, 3.05) is 11.9 Å². The molecule has 2 rings (SSSR count). The van der Waals surface area contributed by atoms with E-state index in [9.17, 15) is 14.4 Å². The van der Waals surface area contributed by atoms with E-state index in [0.29, 0.717) is 5.69 Å². The predicted molar refractivity (Wildman–Crippen MR) is 73.3 cm³/mol. The van der Waals surface area contributed by atoms with Gasteiger partial charge >= 0.3 is 0 Å². The highest BCUT2D eigenvalue weighted by molar-refractivity contribution is 9.10. The maximum Gasteiger partial charge on any atom is 0.229 e. The number of hydrogen-bond acceptors (Lipinski definition) is 3. The van der Waals surface area contributed by atoms with Gasteiger partial charge in [0.05, 0.1) is 0 Å². The maximum atomic E-state index is 11.7. The number of halogens is 1. The van der Waals surface area contributed by atoms with Gasteiger partial charge in [-0.1, -0.05) is 22.0 Å². The molecule has 6 heteroatoms. The number of imide groups is 1. The molecule has 5 nitrogen and oxygen atoms in total. The summed E-state index contributed by atoms with van der Waals surface area (Å²) < 4.78 is 0.871. The quantitative estimate of drug-likeness (QED) is 0.860. The summed E-state index contributed by atoms with van der Waals surface area (Å²) in [7, 11) is 0. The van der Waals surface area contributed by atoms with E-state index in [0.717, 1.165) is 9.37 Å². The molecule has 0 saturated carbocycles. The van der Waals surface area contributed by atoms with Gasteiger partial charge in [0.1, 0.15) is 0 Å². The van der Waals surface area contributed by atoms with Gasteiger partial charge in [-0.3, -0.25) is 19.3 Å². The number of likely N-dealkylation sites (tertiary alicyclic amines) is 1. The van der Waals surface area contributed by atoms with Crippen molar-refractivity contribution in [3.05, 3.63) is 28.7 Å². The van der Waals surface area contributed by atoms with E-state index in [1.54, 1.807) is 12.1 Å². The minimum atomic E-state index is -0.217. The van der Waals surface area contributed by atoms with Crippen LogP contribution in [0.25, 0.3) is 0 Å². The molecule has 1 N–H and O–H groups in total. The van der Waals surface area contributed by atoms with Crippen molar-refractivity contribution < 1.29 is 14.4 Å². The molecule has 0 atom stereocenters. The Labute approximate surface area is 119 Å². The third-order valence-corrected chi connectivity index (χ3v) is 3.32. The summed E-state index contributed by atoms with van der Waals surface area (Å²) in [5.74, 6) is -0.605. The van der Waals surface area contributed by atoms with Gasteiger partial charge in [-0.15, -0.1) is 0 Å². The van der Waals surface area contributed by atoms with Crippen molar-refractivity contribution in [3.63, 3.8) is 0 Å². The second-order valence-electron chi connectivity index (χ2n) is 4.25. The van der Waals surface area contributed by atoms with Crippen LogP contribution in [-0.2, 0) is 14.4 Å². The van der Waals surface area contributed by atoms with E-state index in [1.807, 2.05) is 12.1 Å². The van der Waals surface area contributed by atoms with E-state index in [1.165, 1.54) is 0 Å². The summed E-state index contributed by atoms with van der Waals surface area (Å²) in [4.78, 5) is 35.6. The molecule has 0 unspecified atom stereocenters. The van der Waals surface area contributed by atoms with Crippen LogP contribution in [0.15, 0.2) is 28.7 Å². The number of amides is 3. The molecule has 1 heterocycles. The molecule has 1 aliphatic rings. The largest absolute Gasteiger partial charge is 0.326 e. The van der Waals surface area contributed by atoms with Crippen LogP contribution in [0.1, 0.15) is 19.3 Å². The van der Waals surface area contributed by atoms with Crippen LogP contribution < -0.4 is 5.32 Å². The Morgan fingerprint density at radius 3 is 2.58 bits per heavy atom. The van der Waals surface area contributed by atoms with Gasteiger partial charge in [0.25, 0.3) is 0 Å². The van der Waals surface area contributed by atoms with Gasteiger partial charge < -0.3 is 5.32 Å². The molecule has 1 aromatic rings. The molecular weight excluding hydrogens is 312 g/mol. The zero-order valence-electron chi connectivity index (χ0n) is 10.2. The average Bonchev–Trinajstić information content (AvgIpc) is 2.67. The lowest BCUT2D eigenvalue weighted by molar-refractivity contribution is -0.138. The minimum Gasteiger partial charge on any atom is -0.326 e. The highest BCUT2D eigenvalue weighted by Gasteiger charge is 2.28. The number of nitrogens with zero attached hydrogens (tertiary/aromatic N) is 1. The summed E-state index contributed by atoms with van der Waals surface area (Å²) in [6.07, 6.45) is 0.627. The lowest BCUT2D eigenvalue weighted by atomic mass is 10.3. The summed E-state index contributed by atoms with van der Waals surface area (Å²) in [5, 5.41) is 2.72. The van der Waals surface area contributed by atoms with Gasteiger partial charge in [0.2, 0.25) is 17.7 Å². The molecule has 1 saturated heterocycles. The van der Waals surface area contributed by atoms with Gasteiger partial charge in [0, 0.05) is 36.0 Å². The zero-order valence-corrected chi connectivity index (χ0v) is 11.8. The molecule has 0 aromatic heterocycles. The standard InChI is InChI=1S/C13H13BrN2O3/c14-9-2-1-3-10(8-9)15-11(17)6-7-16-12(18)4-5-13(16)19/h1-3,8H,4-7H2,(H,15,17). The number of anilines is 1. The van der Waals surface area contributed by atoms with Crippen LogP contribution in [0.4, 0.5) is 5.69 Å². The zero-order chi connectivity index (χ0) is 13.8. The van der Waals surface area contributed by atoms with Gasteiger partial charge in [-0.2, -0.15) is 0 Å². The molecule has 1 aliphatic heterocycles. The topological polar surface area (TPSA) is 66.5 Å². The van der Waals surface area contributed by atoms with Crippen molar-refractivity contribution in [2.45, 2.75) is 19.3 Å². The van der Waals surface area contributed by atoms with Crippen molar-refractivity contribution in [1.82, 2.24) is 4.90 Å². The fourth-order valence-corrected chi connectivity index (χ4v) is 2.27. The summed E-state index contributed by atoms with van der Waals surface area (Å²) in [6.45, 7) is 0.150. The number of carbonyl (C=O) groups is 3. The van der Waals surface area contributed by atoms with E-state index < -0.39 is 0 Å². The average molecular weight is 325 g/mol. The molecule has 0 aliphatic carbocycles. The Morgan fingerprint density at radius 1 is 1.26 bits per heavy atom. The number of carbonyl (C=O) groups excluding carboxylic acids is 3. The number of benzene rings is 1. The Bertz CT molecular complexity index is 514. The molecule has 100 valence electrons. The van der Waals surface area contributed by atoms with Gasteiger partial charge in [-0.05, 0) is 18.2 Å². The van der Waals surface area contributed by atoms with E-state index >= 15 is 0 Å². The van der Waals surface area contributed by atoms with E-state index in [-0.39, 0.29) is 43.5 Å². The first kappa shape index (κ1) is 13.7. The third kappa shape index (κ3) is 3.64. The first-order chi connectivity index (χ1) is 9.06. The monoisotopic (exact) mass is 324 g/mol. The maximum absolute atomic E-state index is 11.7. The van der Waals surface area contributed by atoms with Crippen molar-refractivity contribution in [3.8, 4) is 0 Å². The van der Waals surface area contributed by atoms with Crippen LogP contribution in [0.5, 0.6) is 0 Å². The van der Waals surface area contributed by atoms with E-state index in [2.05, 4.69) is 21.2 Å². The molecule has 3 amide bonds. The van der Waals surface area contributed by atoms with Crippen LogP contribution >= 0.6 is 15.9 Å². The third-order valence-electron chi connectivity index (χ3n) is 2.83. The minimum absolute atomic E-state index is 0.115. The molecule has 1 aromatic carbocycles. The van der Waals surface area contributed by atoms with Crippen molar-refractivity contribution in [1.29, 1.82) is 0 Å². The smallest absolute Gasteiger partial charge is 0.229 e. The SMILES string of the molecule is O=C(CCN1C(=O)CCC1=O)Nc1cccc(Br)c1. The van der Waals surface area contributed by atoms with Crippen LogP contribution in [-0.4, -0.2) is 29.2 Å². The Kier molecular flexibility index (Phi) is 4.31. The highest BCUT2D eigenvalue weighted by atomic mass is 79.9. The van der Waals surface area contributed by atoms with Crippen LogP contribution in [0, 0.1) is 0 Å². The Hall–Kier alpha value is -1.69. The lowest BCUT2D eigenvalue weighted by Gasteiger charge is -2.13. The molecule has 0 radical (unpaired) electrons. The second kappa shape index (κ2) is 5.97. The molecule has 1 fully saturated rings. The normalized spacial score (nSPS) is 14.9.